The zero-order valence-corrected chi connectivity index (χ0v) is 13.0. The summed E-state index contributed by atoms with van der Waals surface area (Å²) < 4.78 is 5.10. The van der Waals surface area contributed by atoms with Crippen LogP contribution in [-0.2, 0) is 14.3 Å². The predicted molar refractivity (Wildman–Crippen MR) is 83.8 cm³/mol. The van der Waals surface area contributed by atoms with Crippen molar-refractivity contribution in [3.05, 3.63) is 35.9 Å². The number of benzene rings is 1. The molecule has 5 nitrogen and oxygen atoms in total. The van der Waals surface area contributed by atoms with Crippen LogP contribution in [0.3, 0.4) is 0 Å². The lowest BCUT2D eigenvalue weighted by molar-refractivity contribution is -0.148. The van der Waals surface area contributed by atoms with E-state index in [1.54, 1.807) is 6.92 Å². The zero-order chi connectivity index (χ0) is 15.9. The van der Waals surface area contributed by atoms with Gasteiger partial charge in [-0.2, -0.15) is 0 Å². The maximum Gasteiger partial charge on any atom is 0.333 e. The Kier molecular flexibility index (Phi) is 5.95. The molecule has 0 aromatic heterocycles. The van der Waals surface area contributed by atoms with Gasteiger partial charge in [0.05, 0.1) is 6.61 Å². The Labute approximate surface area is 131 Å². The quantitative estimate of drug-likeness (QED) is 0.785. The summed E-state index contributed by atoms with van der Waals surface area (Å²) >= 11 is 0. The lowest BCUT2D eigenvalue weighted by Crippen LogP contribution is -2.40. The van der Waals surface area contributed by atoms with E-state index in [4.69, 9.17) is 10.5 Å². The van der Waals surface area contributed by atoms with Gasteiger partial charge in [-0.3, -0.25) is 4.79 Å². The second-order valence-corrected chi connectivity index (χ2v) is 5.64. The van der Waals surface area contributed by atoms with Crippen LogP contribution >= 0.6 is 0 Å². The Morgan fingerprint density at radius 2 is 2.05 bits per heavy atom. The first-order valence-electron chi connectivity index (χ1n) is 7.89. The molecule has 0 heterocycles. The normalized spacial score (nSPS) is 22.1. The van der Waals surface area contributed by atoms with E-state index in [2.05, 4.69) is 5.32 Å². The average molecular weight is 304 g/mol. The van der Waals surface area contributed by atoms with Crippen LogP contribution in [0.2, 0.25) is 0 Å². The summed E-state index contributed by atoms with van der Waals surface area (Å²) in [6.45, 7) is 2.55. The van der Waals surface area contributed by atoms with Crippen molar-refractivity contribution in [1.29, 1.82) is 0 Å². The molecule has 3 atom stereocenters. The van der Waals surface area contributed by atoms with Crippen molar-refractivity contribution in [2.75, 3.05) is 13.2 Å². The van der Waals surface area contributed by atoms with Crippen LogP contribution in [0.4, 0.5) is 0 Å². The second kappa shape index (κ2) is 7.94. The van der Waals surface area contributed by atoms with Gasteiger partial charge >= 0.3 is 5.97 Å². The fourth-order valence-corrected chi connectivity index (χ4v) is 3.06. The van der Waals surface area contributed by atoms with E-state index in [1.165, 1.54) is 0 Å². The first kappa shape index (κ1) is 16.5. The number of hydrogen-bond acceptors (Lipinski definition) is 4. The van der Waals surface area contributed by atoms with Gasteiger partial charge in [0.1, 0.15) is 0 Å². The van der Waals surface area contributed by atoms with Crippen LogP contribution in [0.5, 0.6) is 0 Å². The Bertz CT molecular complexity index is 504. The fourth-order valence-electron chi connectivity index (χ4n) is 3.06. The summed E-state index contributed by atoms with van der Waals surface area (Å²) in [5, 5.41) is 2.86. The summed E-state index contributed by atoms with van der Waals surface area (Å²) in [4.78, 5) is 24.7. The number of ether oxygens (including phenoxy) is 1. The van der Waals surface area contributed by atoms with Crippen LogP contribution in [0.1, 0.15) is 37.8 Å². The summed E-state index contributed by atoms with van der Waals surface area (Å²) in [7, 11) is 0. The van der Waals surface area contributed by atoms with E-state index in [0.29, 0.717) is 6.54 Å². The van der Waals surface area contributed by atoms with Crippen molar-refractivity contribution in [1.82, 2.24) is 5.32 Å². The maximum absolute atomic E-state index is 12.5. The van der Waals surface area contributed by atoms with Gasteiger partial charge in [0.15, 0.2) is 6.04 Å². The monoisotopic (exact) mass is 304 g/mol. The Morgan fingerprint density at radius 1 is 1.32 bits per heavy atom. The molecule has 5 heteroatoms. The van der Waals surface area contributed by atoms with Gasteiger partial charge in [-0.05, 0) is 37.8 Å². The molecule has 0 aliphatic heterocycles. The van der Waals surface area contributed by atoms with Crippen molar-refractivity contribution in [3.63, 3.8) is 0 Å². The highest BCUT2D eigenvalue weighted by Crippen LogP contribution is 2.31. The van der Waals surface area contributed by atoms with Gasteiger partial charge in [0.25, 0.3) is 0 Å². The number of nitrogens with two attached hydrogens (primary N) is 1. The standard InChI is InChI=1S/C17H24N2O3/c1-2-22-17(21)15(12-7-4-3-5-8-12)19-16(20)14-10-6-9-13(14)11-18/h3-5,7-8,13-15H,2,6,9-11,18H2,1H3,(H,19,20)/t13-,14-,15-/m1/s1. The second-order valence-electron chi connectivity index (χ2n) is 5.64. The third-order valence-corrected chi connectivity index (χ3v) is 4.24. The molecule has 22 heavy (non-hydrogen) atoms. The van der Waals surface area contributed by atoms with E-state index < -0.39 is 12.0 Å². The molecule has 1 saturated carbocycles. The number of rotatable bonds is 6. The highest BCUT2D eigenvalue weighted by molar-refractivity contribution is 5.87. The number of nitrogens with one attached hydrogen (secondary N) is 1. The fraction of sp³-hybridized carbons (Fsp3) is 0.529. The summed E-state index contributed by atoms with van der Waals surface area (Å²) in [5.41, 5.74) is 6.47. The van der Waals surface area contributed by atoms with Gasteiger partial charge in [0.2, 0.25) is 5.91 Å². The number of carbonyl (C=O) groups excluding carboxylic acids is 2. The molecule has 1 amide bonds. The third-order valence-electron chi connectivity index (χ3n) is 4.24. The number of hydrogen-bond donors (Lipinski definition) is 2. The minimum absolute atomic E-state index is 0.102. The van der Waals surface area contributed by atoms with Crippen molar-refractivity contribution < 1.29 is 14.3 Å². The number of carbonyl (C=O) groups is 2. The van der Waals surface area contributed by atoms with Gasteiger partial charge in [-0.25, -0.2) is 4.79 Å². The van der Waals surface area contributed by atoms with E-state index in [0.717, 1.165) is 24.8 Å². The van der Waals surface area contributed by atoms with Gasteiger partial charge in [0, 0.05) is 5.92 Å². The Balaban J connectivity index is 2.12. The zero-order valence-electron chi connectivity index (χ0n) is 13.0. The SMILES string of the molecule is CCOC(=O)[C@H](NC(=O)[C@@H]1CCC[C@@H]1CN)c1ccccc1. The van der Waals surface area contributed by atoms with Crippen LogP contribution in [0.25, 0.3) is 0 Å². The van der Waals surface area contributed by atoms with Crippen LogP contribution < -0.4 is 11.1 Å². The molecule has 120 valence electrons. The first-order valence-corrected chi connectivity index (χ1v) is 7.89. The molecule has 1 fully saturated rings. The maximum atomic E-state index is 12.5. The van der Waals surface area contributed by atoms with E-state index in [1.807, 2.05) is 30.3 Å². The molecular weight excluding hydrogens is 280 g/mol. The Hall–Kier alpha value is -1.88. The van der Waals surface area contributed by atoms with E-state index in [9.17, 15) is 9.59 Å². The molecule has 0 saturated heterocycles. The molecule has 1 aromatic rings. The molecule has 1 aliphatic carbocycles. The molecule has 0 unspecified atom stereocenters. The highest BCUT2D eigenvalue weighted by atomic mass is 16.5. The largest absolute Gasteiger partial charge is 0.464 e. The molecule has 0 spiro atoms. The van der Waals surface area contributed by atoms with Crippen LogP contribution in [-0.4, -0.2) is 25.0 Å². The molecule has 0 radical (unpaired) electrons. The molecule has 1 aliphatic rings. The smallest absolute Gasteiger partial charge is 0.333 e. The molecule has 2 rings (SSSR count). The lowest BCUT2D eigenvalue weighted by atomic mass is 9.94. The predicted octanol–water partition coefficient (Wildman–Crippen LogP) is 1.78. The van der Waals surface area contributed by atoms with Crippen molar-refractivity contribution in [2.45, 2.75) is 32.2 Å². The van der Waals surface area contributed by atoms with Crippen molar-refractivity contribution in [3.8, 4) is 0 Å². The molecular formula is C17H24N2O3. The van der Waals surface area contributed by atoms with Gasteiger partial charge < -0.3 is 15.8 Å². The summed E-state index contributed by atoms with van der Waals surface area (Å²) in [6, 6.07) is 8.42. The lowest BCUT2D eigenvalue weighted by Gasteiger charge is -2.22. The van der Waals surface area contributed by atoms with Crippen LogP contribution in [0.15, 0.2) is 30.3 Å². The number of esters is 1. The summed E-state index contributed by atoms with van der Waals surface area (Å²) in [6.07, 6.45) is 2.82. The summed E-state index contributed by atoms with van der Waals surface area (Å²) in [5.74, 6) is -0.427. The van der Waals surface area contributed by atoms with E-state index in [-0.39, 0.29) is 24.3 Å². The van der Waals surface area contributed by atoms with Gasteiger partial charge in [-0.1, -0.05) is 36.8 Å². The van der Waals surface area contributed by atoms with Gasteiger partial charge in [-0.15, -0.1) is 0 Å². The van der Waals surface area contributed by atoms with Crippen molar-refractivity contribution in [2.24, 2.45) is 17.6 Å². The minimum Gasteiger partial charge on any atom is -0.464 e. The number of amides is 1. The molecule has 3 N–H and O–H groups in total. The van der Waals surface area contributed by atoms with Crippen LogP contribution in [0, 0.1) is 11.8 Å². The molecule has 0 bridgehead atoms. The average Bonchev–Trinajstić information content (AvgIpc) is 3.02. The topological polar surface area (TPSA) is 81.4 Å². The van der Waals surface area contributed by atoms with Crippen molar-refractivity contribution >= 4 is 11.9 Å². The first-order chi connectivity index (χ1) is 10.7. The third kappa shape index (κ3) is 3.85. The molecule has 1 aromatic carbocycles. The van der Waals surface area contributed by atoms with E-state index >= 15 is 0 Å². The Morgan fingerprint density at radius 3 is 2.68 bits per heavy atom. The minimum atomic E-state index is -0.757. The highest BCUT2D eigenvalue weighted by Gasteiger charge is 2.34.